The molecule has 3 atom stereocenters. The fourth-order valence-electron chi connectivity index (χ4n) is 2.89. The minimum Gasteiger partial charge on any atom is -0.285 e. The summed E-state index contributed by atoms with van der Waals surface area (Å²) in [7, 11) is 0. The lowest BCUT2D eigenvalue weighted by atomic mass is 9.98. The summed E-state index contributed by atoms with van der Waals surface area (Å²) in [5.74, 6) is 1.32. The van der Waals surface area contributed by atoms with E-state index in [-0.39, 0.29) is 0 Å². The summed E-state index contributed by atoms with van der Waals surface area (Å²) in [6.45, 7) is 8.37. The van der Waals surface area contributed by atoms with E-state index in [1.54, 1.807) is 0 Å². The largest absolute Gasteiger partial charge is 0.285 e. The average molecular weight is 237 g/mol. The van der Waals surface area contributed by atoms with Crippen molar-refractivity contribution in [3.05, 3.63) is 59.2 Å². The van der Waals surface area contributed by atoms with E-state index in [1.807, 2.05) is 6.21 Å². The van der Waals surface area contributed by atoms with Crippen molar-refractivity contribution in [3.63, 3.8) is 0 Å². The van der Waals surface area contributed by atoms with Gasteiger partial charge in [0.15, 0.2) is 0 Å². The van der Waals surface area contributed by atoms with Gasteiger partial charge in [0, 0.05) is 6.21 Å². The quantitative estimate of drug-likeness (QED) is 0.690. The first-order valence-electron chi connectivity index (χ1n) is 6.69. The summed E-state index contributed by atoms with van der Waals surface area (Å²) in [5.41, 5.74) is 5.40. The highest BCUT2D eigenvalue weighted by Gasteiger charge is 2.39. The third-order valence-electron chi connectivity index (χ3n) is 4.07. The predicted molar refractivity (Wildman–Crippen MR) is 77.3 cm³/mol. The lowest BCUT2D eigenvalue weighted by Crippen LogP contribution is -1.92. The second kappa shape index (κ2) is 4.24. The van der Waals surface area contributed by atoms with Crippen LogP contribution in [0, 0.1) is 5.92 Å². The first-order chi connectivity index (χ1) is 8.70. The Labute approximate surface area is 109 Å². The number of nitrogens with zero attached hydrogens (tertiary/aromatic N) is 1. The first kappa shape index (κ1) is 11.5. The molecule has 1 aliphatic carbocycles. The highest BCUT2D eigenvalue weighted by Crippen LogP contribution is 2.52. The first-order valence-corrected chi connectivity index (χ1v) is 6.69. The van der Waals surface area contributed by atoms with Crippen LogP contribution >= 0.6 is 0 Å². The molecule has 0 spiro atoms. The van der Waals surface area contributed by atoms with Crippen molar-refractivity contribution in [2.75, 3.05) is 0 Å². The van der Waals surface area contributed by atoms with Crippen LogP contribution in [0.5, 0.6) is 0 Å². The van der Waals surface area contributed by atoms with E-state index in [0.717, 1.165) is 0 Å². The van der Waals surface area contributed by atoms with Gasteiger partial charge in [0.1, 0.15) is 0 Å². The van der Waals surface area contributed by atoms with E-state index < -0.39 is 0 Å². The van der Waals surface area contributed by atoms with Gasteiger partial charge in [-0.05, 0) is 48.8 Å². The van der Waals surface area contributed by atoms with Gasteiger partial charge in [-0.3, -0.25) is 4.99 Å². The van der Waals surface area contributed by atoms with Gasteiger partial charge in [-0.2, -0.15) is 0 Å². The van der Waals surface area contributed by atoms with Gasteiger partial charge in [-0.1, -0.05) is 42.5 Å². The number of benzene rings is 1. The van der Waals surface area contributed by atoms with Crippen molar-refractivity contribution in [1.82, 2.24) is 0 Å². The predicted octanol–water partition coefficient (Wildman–Crippen LogP) is 4.42. The molecule has 1 heterocycles. The Balaban J connectivity index is 1.80. The van der Waals surface area contributed by atoms with Crippen molar-refractivity contribution in [2.24, 2.45) is 10.9 Å². The maximum Gasteiger partial charge on any atom is 0.0727 e. The topological polar surface area (TPSA) is 12.4 Å². The van der Waals surface area contributed by atoms with Crippen LogP contribution in [0.3, 0.4) is 0 Å². The van der Waals surface area contributed by atoms with Crippen LogP contribution in [0.15, 0.2) is 47.5 Å². The lowest BCUT2D eigenvalue weighted by molar-refractivity contribution is 0.839. The third kappa shape index (κ3) is 1.84. The molecule has 1 aromatic rings. The van der Waals surface area contributed by atoms with E-state index in [0.29, 0.717) is 17.9 Å². The SMILES string of the molecule is C=C(C=CC)C1CC1c1ccc2c(c1)C(C)N=C2. The zero-order chi connectivity index (χ0) is 12.7. The molecular formula is C17H19N. The average Bonchev–Trinajstić information content (AvgIpc) is 3.09. The van der Waals surface area contributed by atoms with Gasteiger partial charge in [0.2, 0.25) is 0 Å². The number of hydrogen-bond donors (Lipinski definition) is 0. The standard InChI is InChI=1S/C17H19N/c1-4-5-11(2)15-9-17(15)13-6-7-14-10-18-12(3)16(14)8-13/h4-8,10,12,15,17H,2,9H2,1,3H3. The molecule has 1 heteroatoms. The number of aliphatic imine (C=N–C) groups is 1. The lowest BCUT2D eigenvalue weighted by Gasteiger charge is -2.07. The Morgan fingerprint density at radius 2 is 2.28 bits per heavy atom. The van der Waals surface area contributed by atoms with Crippen LogP contribution in [0.25, 0.3) is 0 Å². The van der Waals surface area contributed by atoms with Crippen molar-refractivity contribution in [2.45, 2.75) is 32.2 Å². The van der Waals surface area contributed by atoms with E-state index in [2.05, 4.69) is 55.8 Å². The zero-order valence-corrected chi connectivity index (χ0v) is 11.1. The summed E-state index contributed by atoms with van der Waals surface area (Å²) in [5, 5.41) is 0. The molecule has 92 valence electrons. The molecule has 1 aromatic carbocycles. The second-order valence-corrected chi connectivity index (χ2v) is 5.37. The Kier molecular flexibility index (Phi) is 2.70. The van der Waals surface area contributed by atoms with Crippen LogP contribution in [0.1, 0.15) is 48.9 Å². The maximum absolute atomic E-state index is 4.45. The Hall–Kier alpha value is -1.63. The third-order valence-corrected chi connectivity index (χ3v) is 4.07. The van der Waals surface area contributed by atoms with Crippen molar-refractivity contribution in [1.29, 1.82) is 0 Å². The molecule has 2 aliphatic rings. The van der Waals surface area contributed by atoms with Gasteiger partial charge >= 0.3 is 0 Å². The van der Waals surface area contributed by atoms with E-state index in [1.165, 1.54) is 28.7 Å². The molecule has 1 saturated carbocycles. The minimum absolute atomic E-state index is 0.330. The molecule has 0 bridgehead atoms. The molecule has 3 unspecified atom stereocenters. The van der Waals surface area contributed by atoms with Gasteiger partial charge in [-0.15, -0.1) is 0 Å². The fraction of sp³-hybridized carbons (Fsp3) is 0.353. The van der Waals surface area contributed by atoms with Crippen LogP contribution in [-0.4, -0.2) is 6.21 Å². The highest BCUT2D eigenvalue weighted by molar-refractivity contribution is 5.85. The summed E-state index contributed by atoms with van der Waals surface area (Å²) in [6.07, 6.45) is 7.46. The van der Waals surface area contributed by atoms with Gasteiger partial charge < -0.3 is 0 Å². The number of allylic oxidation sites excluding steroid dienone is 3. The minimum atomic E-state index is 0.330. The summed E-state index contributed by atoms with van der Waals surface area (Å²) in [4.78, 5) is 4.45. The summed E-state index contributed by atoms with van der Waals surface area (Å²) < 4.78 is 0. The molecule has 1 nitrogen and oxygen atoms in total. The molecule has 0 N–H and O–H groups in total. The summed E-state index contributed by atoms with van der Waals surface area (Å²) >= 11 is 0. The molecule has 3 rings (SSSR count). The summed E-state index contributed by atoms with van der Waals surface area (Å²) in [6, 6.07) is 7.15. The van der Waals surface area contributed by atoms with E-state index >= 15 is 0 Å². The maximum atomic E-state index is 4.45. The van der Waals surface area contributed by atoms with Crippen LogP contribution in [0.4, 0.5) is 0 Å². The van der Waals surface area contributed by atoms with Gasteiger partial charge in [0.25, 0.3) is 0 Å². The fourth-order valence-corrected chi connectivity index (χ4v) is 2.89. The van der Waals surface area contributed by atoms with Crippen LogP contribution in [0.2, 0.25) is 0 Å². The van der Waals surface area contributed by atoms with E-state index in [9.17, 15) is 0 Å². The molecule has 0 aromatic heterocycles. The van der Waals surface area contributed by atoms with Gasteiger partial charge in [-0.25, -0.2) is 0 Å². The second-order valence-electron chi connectivity index (χ2n) is 5.37. The van der Waals surface area contributed by atoms with Crippen LogP contribution in [-0.2, 0) is 0 Å². The van der Waals surface area contributed by atoms with Crippen molar-refractivity contribution < 1.29 is 0 Å². The van der Waals surface area contributed by atoms with Crippen LogP contribution < -0.4 is 0 Å². The molecule has 1 aliphatic heterocycles. The zero-order valence-electron chi connectivity index (χ0n) is 11.1. The number of rotatable bonds is 3. The monoisotopic (exact) mass is 237 g/mol. The van der Waals surface area contributed by atoms with E-state index in [4.69, 9.17) is 0 Å². The smallest absolute Gasteiger partial charge is 0.0727 e. The number of hydrogen-bond acceptors (Lipinski definition) is 1. The molecule has 18 heavy (non-hydrogen) atoms. The molecule has 0 saturated heterocycles. The molecular weight excluding hydrogens is 218 g/mol. The Morgan fingerprint density at radius 1 is 1.44 bits per heavy atom. The van der Waals surface area contributed by atoms with Crippen molar-refractivity contribution in [3.8, 4) is 0 Å². The van der Waals surface area contributed by atoms with Gasteiger partial charge in [0.05, 0.1) is 6.04 Å². The normalized spacial score (nSPS) is 28.7. The highest BCUT2D eigenvalue weighted by atomic mass is 14.8. The Bertz CT molecular complexity index is 551. The van der Waals surface area contributed by atoms with Crippen molar-refractivity contribution >= 4 is 6.21 Å². The Morgan fingerprint density at radius 3 is 3.06 bits per heavy atom. The molecule has 0 radical (unpaired) electrons. The number of fused-ring (bicyclic) bond motifs is 1. The molecule has 0 amide bonds. The molecule has 1 fully saturated rings.